The van der Waals surface area contributed by atoms with E-state index in [4.69, 9.17) is 4.74 Å². The minimum Gasteiger partial charge on any atom is -0.494 e. The summed E-state index contributed by atoms with van der Waals surface area (Å²) in [5.74, 6) is 0.829. The van der Waals surface area contributed by atoms with Gasteiger partial charge in [0.1, 0.15) is 11.3 Å². The van der Waals surface area contributed by atoms with Gasteiger partial charge in [0, 0.05) is 42.9 Å². The first-order valence-electron chi connectivity index (χ1n) is 8.79. The number of aromatic nitrogens is 1. The van der Waals surface area contributed by atoms with Gasteiger partial charge in [0.25, 0.3) is 0 Å². The van der Waals surface area contributed by atoms with Gasteiger partial charge in [-0.05, 0) is 36.2 Å². The number of pyridine rings is 1. The molecule has 128 valence electrons. The summed E-state index contributed by atoms with van der Waals surface area (Å²) in [6.07, 6.45) is 2.87. The highest BCUT2D eigenvalue weighted by molar-refractivity contribution is 5.95. The lowest BCUT2D eigenvalue weighted by Gasteiger charge is -2.36. The number of hydrogen-bond donors (Lipinski definition) is 1. The van der Waals surface area contributed by atoms with Gasteiger partial charge in [-0.15, -0.1) is 0 Å². The van der Waals surface area contributed by atoms with Crippen LogP contribution in [0, 0.1) is 0 Å². The molecule has 1 N–H and O–H groups in total. The Kier molecular flexibility index (Phi) is 4.53. The molecule has 4 heteroatoms. The second-order valence-electron chi connectivity index (χ2n) is 6.47. The average Bonchev–Trinajstić information content (AvgIpc) is 2.68. The summed E-state index contributed by atoms with van der Waals surface area (Å²) >= 11 is 0. The first kappa shape index (κ1) is 15.9. The summed E-state index contributed by atoms with van der Waals surface area (Å²) in [6, 6.07) is 19.5. The fourth-order valence-electron chi connectivity index (χ4n) is 3.65. The SMILES string of the molecule is COc1ccc(N2CCN[C@@H](Cc3ccccc3)C2)c2cccnc12. The fourth-order valence-corrected chi connectivity index (χ4v) is 3.65. The van der Waals surface area contributed by atoms with Crippen molar-refractivity contribution < 1.29 is 4.74 Å². The molecule has 2 aromatic carbocycles. The van der Waals surface area contributed by atoms with Crippen LogP contribution in [0.2, 0.25) is 0 Å². The Balaban J connectivity index is 1.60. The quantitative estimate of drug-likeness (QED) is 0.795. The van der Waals surface area contributed by atoms with Crippen molar-refractivity contribution in [1.82, 2.24) is 10.3 Å². The zero-order valence-corrected chi connectivity index (χ0v) is 14.5. The van der Waals surface area contributed by atoms with Crippen LogP contribution in [0.4, 0.5) is 5.69 Å². The summed E-state index contributed by atoms with van der Waals surface area (Å²) in [5.41, 5.74) is 3.55. The van der Waals surface area contributed by atoms with Gasteiger partial charge >= 0.3 is 0 Å². The van der Waals surface area contributed by atoms with Crippen LogP contribution < -0.4 is 15.0 Å². The predicted molar refractivity (Wildman–Crippen MR) is 102 cm³/mol. The molecule has 1 atom stereocenters. The van der Waals surface area contributed by atoms with Gasteiger partial charge in [-0.2, -0.15) is 0 Å². The molecular formula is C21H23N3O. The number of nitrogens with one attached hydrogen (secondary N) is 1. The molecule has 3 aromatic rings. The molecule has 0 aliphatic carbocycles. The molecular weight excluding hydrogens is 310 g/mol. The van der Waals surface area contributed by atoms with Gasteiger partial charge in [0.2, 0.25) is 0 Å². The van der Waals surface area contributed by atoms with E-state index in [2.05, 4.69) is 57.7 Å². The van der Waals surface area contributed by atoms with E-state index >= 15 is 0 Å². The summed E-state index contributed by atoms with van der Waals surface area (Å²) in [7, 11) is 1.70. The predicted octanol–water partition coefficient (Wildman–Crippen LogP) is 3.26. The molecule has 0 bridgehead atoms. The molecule has 4 rings (SSSR count). The lowest BCUT2D eigenvalue weighted by Crippen LogP contribution is -2.51. The van der Waals surface area contributed by atoms with E-state index < -0.39 is 0 Å². The highest BCUT2D eigenvalue weighted by Crippen LogP contribution is 2.32. The molecule has 0 spiro atoms. The number of fused-ring (bicyclic) bond motifs is 1. The number of ether oxygens (including phenoxy) is 1. The highest BCUT2D eigenvalue weighted by Gasteiger charge is 2.22. The Morgan fingerprint density at radius 3 is 2.84 bits per heavy atom. The van der Waals surface area contributed by atoms with E-state index in [1.807, 2.05) is 18.3 Å². The normalized spacial score (nSPS) is 17.6. The van der Waals surface area contributed by atoms with Crippen LogP contribution in [0.25, 0.3) is 10.9 Å². The van der Waals surface area contributed by atoms with Crippen LogP contribution in [0.1, 0.15) is 5.56 Å². The molecule has 25 heavy (non-hydrogen) atoms. The van der Waals surface area contributed by atoms with Crippen molar-refractivity contribution in [1.29, 1.82) is 0 Å². The van der Waals surface area contributed by atoms with Gasteiger partial charge in [0.15, 0.2) is 0 Å². The first-order chi connectivity index (χ1) is 12.3. The monoisotopic (exact) mass is 333 g/mol. The van der Waals surface area contributed by atoms with E-state index in [0.29, 0.717) is 6.04 Å². The molecule has 4 nitrogen and oxygen atoms in total. The second-order valence-corrected chi connectivity index (χ2v) is 6.47. The minimum atomic E-state index is 0.449. The number of benzene rings is 2. The van der Waals surface area contributed by atoms with Crippen molar-refractivity contribution >= 4 is 16.6 Å². The lowest BCUT2D eigenvalue weighted by atomic mass is 10.0. The summed E-state index contributed by atoms with van der Waals surface area (Å²) < 4.78 is 5.48. The maximum Gasteiger partial charge on any atom is 0.145 e. The largest absolute Gasteiger partial charge is 0.494 e. The standard InChI is InChI=1S/C21H23N3O/c1-25-20-10-9-19(18-8-5-11-23-21(18)20)24-13-12-22-17(15-24)14-16-6-3-2-4-7-16/h2-11,17,22H,12-15H2,1H3/t17-/m0/s1. The van der Waals surface area contributed by atoms with Crippen molar-refractivity contribution in [3.63, 3.8) is 0 Å². The topological polar surface area (TPSA) is 37.4 Å². The van der Waals surface area contributed by atoms with Crippen LogP contribution in [-0.2, 0) is 6.42 Å². The third-order valence-electron chi connectivity index (χ3n) is 4.85. The molecule has 0 radical (unpaired) electrons. The summed E-state index contributed by atoms with van der Waals surface area (Å²) in [5, 5.41) is 4.81. The summed E-state index contributed by atoms with van der Waals surface area (Å²) in [6.45, 7) is 2.98. The van der Waals surface area contributed by atoms with Crippen LogP contribution >= 0.6 is 0 Å². The Bertz CT molecular complexity index is 850. The maximum absolute atomic E-state index is 5.48. The van der Waals surface area contributed by atoms with E-state index in [0.717, 1.165) is 42.7 Å². The summed E-state index contributed by atoms with van der Waals surface area (Å²) in [4.78, 5) is 6.99. The van der Waals surface area contributed by atoms with E-state index in [1.54, 1.807) is 7.11 Å². The Morgan fingerprint density at radius 1 is 1.12 bits per heavy atom. The number of rotatable bonds is 4. The van der Waals surface area contributed by atoms with Gasteiger partial charge in [-0.3, -0.25) is 4.98 Å². The minimum absolute atomic E-state index is 0.449. The van der Waals surface area contributed by atoms with Crippen molar-refractivity contribution in [3.05, 3.63) is 66.4 Å². The zero-order chi connectivity index (χ0) is 17.1. The number of hydrogen-bond acceptors (Lipinski definition) is 4. The number of methoxy groups -OCH3 is 1. The van der Waals surface area contributed by atoms with Gasteiger partial charge in [-0.1, -0.05) is 30.3 Å². The van der Waals surface area contributed by atoms with Crippen molar-refractivity contribution in [2.45, 2.75) is 12.5 Å². The highest BCUT2D eigenvalue weighted by atomic mass is 16.5. The number of anilines is 1. The van der Waals surface area contributed by atoms with Crippen molar-refractivity contribution in [2.75, 3.05) is 31.6 Å². The molecule has 2 heterocycles. The second kappa shape index (κ2) is 7.11. The van der Waals surface area contributed by atoms with Crippen LogP contribution in [0.15, 0.2) is 60.8 Å². The number of nitrogens with zero attached hydrogens (tertiary/aromatic N) is 2. The zero-order valence-electron chi connectivity index (χ0n) is 14.5. The smallest absolute Gasteiger partial charge is 0.145 e. The molecule has 0 amide bonds. The number of piperazine rings is 1. The Labute approximate surface area is 148 Å². The third-order valence-corrected chi connectivity index (χ3v) is 4.85. The van der Waals surface area contributed by atoms with Gasteiger partial charge in [0.05, 0.1) is 7.11 Å². The fraction of sp³-hybridized carbons (Fsp3) is 0.286. The molecule has 1 aliphatic heterocycles. The molecule has 0 unspecified atom stereocenters. The maximum atomic E-state index is 5.48. The Hall–Kier alpha value is -2.59. The van der Waals surface area contributed by atoms with Gasteiger partial charge < -0.3 is 15.0 Å². The molecule has 1 fully saturated rings. The van der Waals surface area contributed by atoms with Crippen LogP contribution in [0.3, 0.4) is 0 Å². The average molecular weight is 333 g/mol. The van der Waals surface area contributed by atoms with E-state index in [-0.39, 0.29) is 0 Å². The van der Waals surface area contributed by atoms with E-state index in [9.17, 15) is 0 Å². The van der Waals surface area contributed by atoms with E-state index in [1.165, 1.54) is 11.3 Å². The molecule has 1 saturated heterocycles. The Morgan fingerprint density at radius 2 is 2.00 bits per heavy atom. The van der Waals surface area contributed by atoms with Crippen LogP contribution in [0.5, 0.6) is 5.75 Å². The first-order valence-corrected chi connectivity index (χ1v) is 8.79. The van der Waals surface area contributed by atoms with Crippen molar-refractivity contribution in [2.24, 2.45) is 0 Å². The van der Waals surface area contributed by atoms with Crippen LogP contribution in [-0.4, -0.2) is 37.8 Å². The van der Waals surface area contributed by atoms with Crippen molar-refractivity contribution in [3.8, 4) is 5.75 Å². The van der Waals surface area contributed by atoms with Gasteiger partial charge in [-0.25, -0.2) is 0 Å². The third kappa shape index (κ3) is 3.30. The molecule has 1 aromatic heterocycles. The molecule has 1 aliphatic rings. The lowest BCUT2D eigenvalue weighted by molar-refractivity contribution is 0.418. The molecule has 0 saturated carbocycles.